The van der Waals surface area contributed by atoms with Gasteiger partial charge in [0.1, 0.15) is 17.2 Å². The Balaban J connectivity index is 1.18. The van der Waals surface area contributed by atoms with E-state index in [1.54, 1.807) is 0 Å². The van der Waals surface area contributed by atoms with E-state index in [1.165, 1.54) is 12.7 Å². The maximum atomic E-state index is 15.9. The van der Waals surface area contributed by atoms with Gasteiger partial charge in [0.15, 0.2) is 0 Å². The number of esters is 1. The third-order valence-electron chi connectivity index (χ3n) is 8.35. The van der Waals surface area contributed by atoms with Crippen LogP contribution in [0, 0.1) is 5.92 Å². The number of alkyl halides is 1. The van der Waals surface area contributed by atoms with Crippen LogP contribution < -0.4 is 10.1 Å². The zero-order valence-corrected chi connectivity index (χ0v) is 23.1. The summed E-state index contributed by atoms with van der Waals surface area (Å²) in [5, 5.41) is 3.37. The second-order valence-corrected chi connectivity index (χ2v) is 11.4. The molecule has 0 unspecified atom stereocenters. The topological polar surface area (TPSA) is 72.9 Å². The zero-order valence-electron chi connectivity index (χ0n) is 23.1. The van der Waals surface area contributed by atoms with Gasteiger partial charge in [0.25, 0.3) is 0 Å². The van der Waals surface area contributed by atoms with Crippen molar-refractivity contribution in [3.8, 4) is 5.75 Å². The zero-order chi connectivity index (χ0) is 27.1. The molecule has 1 aromatic heterocycles. The maximum absolute atomic E-state index is 15.9. The van der Waals surface area contributed by atoms with Crippen LogP contribution in [0.1, 0.15) is 61.3 Å². The smallest absolute Gasteiger partial charge is 0.306 e. The molecule has 3 aliphatic heterocycles. The fourth-order valence-electron chi connectivity index (χ4n) is 6.03. The molecule has 0 spiro atoms. The minimum Gasteiger partial charge on any atom is -0.493 e. The van der Waals surface area contributed by atoms with Gasteiger partial charge in [-0.05, 0) is 74.3 Å². The second kappa shape index (κ2) is 13.1. The minimum absolute atomic E-state index is 0.102. The number of hydrogen-bond donors (Lipinski definition) is 1. The van der Waals surface area contributed by atoms with Crippen molar-refractivity contribution in [2.24, 2.45) is 5.92 Å². The summed E-state index contributed by atoms with van der Waals surface area (Å²) in [7, 11) is 1.41. The number of fused-ring (bicyclic) bond motifs is 1. The number of carbonyl (C=O) groups is 1. The Morgan fingerprint density at radius 2 is 2.23 bits per heavy atom. The van der Waals surface area contributed by atoms with Gasteiger partial charge >= 0.3 is 5.97 Å². The molecule has 7 nitrogen and oxygen atoms in total. The van der Waals surface area contributed by atoms with Gasteiger partial charge in [-0.2, -0.15) is 0 Å². The molecule has 0 radical (unpaired) electrons. The maximum Gasteiger partial charge on any atom is 0.306 e. The van der Waals surface area contributed by atoms with Crippen molar-refractivity contribution in [1.29, 1.82) is 0 Å². The number of hydrogen-bond acceptors (Lipinski definition) is 7. The monoisotopic (exact) mass is 539 g/mol. The summed E-state index contributed by atoms with van der Waals surface area (Å²) in [6, 6.07) is 12.1. The SMILES string of the molecule is COC(=O)C[C@H](CN1CC[C@@](F)(CCc2ccc3c(n2)NCCC3)C1)c1cccc(OC[C@@H]2CCCOC2)c1. The molecule has 1 aromatic carbocycles. The summed E-state index contributed by atoms with van der Waals surface area (Å²) in [6.45, 7) is 4.78. The lowest BCUT2D eigenvalue weighted by atomic mass is 9.94. The summed E-state index contributed by atoms with van der Waals surface area (Å²) >= 11 is 0. The number of aromatic nitrogens is 1. The van der Waals surface area contributed by atoms with E-state index in [4.69, 9.17) is 19.2 Å². The molecule has 1 N–H and O–H groups in total. The number of methoxy groups -OCH3 is 1. The van der Waals surface area contributed by atoms with E-state index >= 15 is 4.39 Å². The number of rotatable bonds is 11. The van der Waals surface area contributed by atoms with Crippen LogP contribution in [0.2, 0.25) is 0 Å². The van der Waals surface area contributed by atoms with E-state index in [1.807, 2.05) is 30.3 Å². The number of nitrogens with one attached hydrogen (secondary N) is 1. The molecule has 0 bridgehead atoms. The van der Waals surface area contributed by atoms with E-state index < -0.39 is 5.67 Å². The van der Waals surface area contributed by atoms with E-state index in [0.29, 0.717) is 51.4 Å². The van der Waals surface area contributed by atoms with Crippen LogP contribution in [0.15, 0.2) is 36.4 Å². The molecule has 2 aromatic rings. The largest absolute Gasteiger partial charge is 0.493 e. The molecule has 2 fully saturated rings. The van der Waals surface area contributed by atoms with Crippen LogP contribution in [0.5, 0.6) is 5.75 Å². The molecule has 212 valence electrons. The van der Waals surface area contributed by atoms with Crippen molar-refractivity contribution in [2.45, 2.75) is 63.0 Å². The first-order chi connectivity index (χ1) is 19.0. The van der Waals surface area contributed by atoms with Crippen LogP contribution in [0.3, 0.4) is 0 Å². The quantitative estimate of drug-likeness (QED) is 0.406. The van der Waals surface area contributed by atoms with Gasteiger partial charge in [-0.1, -0.05) is 18.2 Å². The minimum atomic E-state index is -1.26. The van der Waals surface area contributed by atoms with Crippen LogP contribution >= 0.6 is 0 Å². The van der Waals surface area contributed by atoms with Gasteiger partial charge in [0.2, 0.25) is 0 Å². The number of aryl methyl sites for hydroxylation is 2. The molecular weight excluding hydrogens is 497 g/mol. The van der Waals surface area contributed by atoms with Gasteiger partial charge in [0.05, 0.1) is 26.7 Å². The molecule has 5 rings (SSSR count). The van der Waals surface area contributed by atoms with E-state index in [9.17, 15) is 4.79 Å². The highest BCUT2D eigenvalue weighted by molar-refractivity contribution is 5.70. The van der Waals surface area contributed by atoms with Crippen molar-refractivity contribution in [3.05, 3.63) is 53.2 Å². The van der Waals surface area contributed by atoms with Gasteiger partial charge in [-0.25, -0.2) is 9.37 Å². The highest BCUT2D eigenvalue weighted by atomic mass is 19.1. The first kappa shape index (κ1) is 27.8. The fourth-order valence-corrected chi connectivity index (χ4v) is 6.03. The Labute approximate surface area is 231 Å². The molecular formula is C31H42FN3O4. The summed E-state index contributed by atoms with van der Waals surface area (Å²) in [4.78, 5) is 19.2. The van der Waals surface area contributed by atoms with Gasteiger partial charge in [-0.3, -0.25) is 9.69 Å². The molecule has 0 aliphatic carbocycles. The number of pyridine rings is 1. The number of benzene rings is 1. The predicted octanol–water partition coefficient (Wildman–Crippen LogP) is 4.94. The standard InChI is InChI=1S/C31H42FN3O4/c1-37-29(36)18-26(25-6-2-8-28(17-25)39-21-23-5-4-16-38-20-23)19-35-15-13-31(32,22-35)12-11-27-10-9-24-7-3-14-33-30(24)34-27/h2,6,8-10,17,23,26H,3-5,7,11-16,18-22H2,1H3,(H,33,34)/t23-,26-,31+/m1/s1. The highest BCUT2D eigenvalue weighted by Crippen LogP contribution is 2.34. The van der Waals surface area contributed by atoms with Crippen molar-refractivity contribution >= 4 is 11.8 Å². The Bertz CT molecular complexity index is 1110. The lowest BCUT2D eigenvalue weighted by Crippen LogP contribution is -2.33. The molecule has 2 saturated heterocycles. The van der Waals surface area contributed by atoms with Crippen LogP contribution in [0.4, 0.5) is 10.2 Å². The third-order valence-corrected chi connectivity index (χ3v) is 8.35. The summed E-state index contributed by atoms with van der Waals surface area (Å²) in [5.41, 5.74) is 1.95. The van der Waals surface area contributed by atoms with Crippen LogP contribution in [-0.4, -0.2) is 74.6 Å². The number of anilines is 1. The third kappa shape index (κ3) is 7.70. The van der Waals surface area contributed by atoms with E-state index in [2.05, 4.69) is 16.3 Å². The summed E-state index contributed by atoms with van der Waals surface area (Å²) in [6.07, 6.45) is 6.18. The van der Waals surface area contributed by atoms with E-state index in [-0.39, 0.29) is 18.3 Å². The summed E-state index contributed by atoms with van der Waals surface area (Å²) in [5.74, 6) is 1.80. The molecule has 8 heteroatoms. The first-order valence-corrected chi connectivity index (χ1v) is 14.5. The molecule has 3 atom stereocenters. The van der Waals surface area contributed by atoms with Crippen molar-refractivity contribution in [1.82, 2.24) is 9.88 Å². The number of ether oxygens (including phenoxy) is 3. The highest BCUT2D eigenvalue weighted by Gasteiger charge is 2.39. The van der Waals surface area contributed by atoms with Crippen molar-refractivity contribution in [2.75, 3.05) is 58.4 Å². The number of nitrogens with zero attached hydrogens (tertiary/aromatic N) is 2. The Kier molecular flexibility index (Phi) is 9.35. The molecule has 39 heavy (non-hydrogen) atoms. The van der Waals surface area contributed by atoms with Crippen LogP contribution in [-0.2, 0) is 27.1 Å². The number of likely N-dealkylation sites (tertiary alicyclic amines) is 1. The Morgan fingerprint density at radius 3 is 3.08 bits per heavy atom. The molecule has 0 saturated carbocycles. The first-order valence-electron chi connectivity index (χ1n) is 14.5. The fraction of sp³-hybridized carbons (Fsp3) is 0.613. The van der Waals surface area contributed by atoms with Gasteiger partial charge < -0.3 is 19.5 Å². The lowest BCUT2D eigenvalue weighted by Gasteiger charge is -2.26. The normalized spacial score (nSPS) is 24.0. The Morgan fingerprint density at radius 1 is 1.31 bits per heavy atom. The average Bonchev–Trinajstić information content (AvgIpc) is 3.35. The second-order valence-electron chi connectivity index (χ2n) is 11.4. The molecule has 3 aliphatic rings. The average molecular weight is 540 g/mol. The van der Waals surface area contributed by atoms with Crippen molar-refractivity contribution < 1.29 is 23.4 Å². The van der Waals surface area contributed by atoms with Crippen molar-refractivity contribution in [3.63, 3.8) is 0 Å². The lowest BCUT2D eigenvalue weighted by molar-refractivity contribution is -0.141. The van der Waals surface area contributed by atoms with Gasteiger partial charge in [0, 0.05) is 50.3 Å². The molecule has 0 amide bonds. The van der Waals surface area contributed by atoms with Gasteiger partial charge in [-0.15, -0.1) is 0 Å². The predicted molar refractivity (Wildman–Crippen MR) is 149 cm³/mol. The van der Waals surface area contributed by atoms with E-state index in [0.717, 1.165) is 68.3 Å². The van der Waals surface area contributed by atoms with Crippen LogP contribution in [0.25, 0.3) is 0 Å². The summed E-state index contributed by atoms with van der Waals surface area (Å²) < 4.78 is 32.6. The number of halogens is 1. The Hall–Kier alpha value is -2.71. The number of carbonyl (C=O) groups excluding carboxylic acids is 1. The molecule has 4 heterocycles.